The van der Waals surface area contributed by atoms with E-state index in [1.165, 1.54) is 0 Å². The van der Waals surface area contributed by atoms with Crippen molar-refractivity contribution in [1.29, 1.82) is 0 Å². The standard InChI is InChI=1S/C19H28N4O2/c1-4-13-25-18-7-5-17(6-8-18)21-19(24)20-14-16(2)15-23-11-9-22(3)10-12-23/h1,5-8,16H,9-15H2,2-3H3,(H2,20,21,24)/t16-/m0/s1. The molecular weight excluding hydrogens is 316 g/mol. The highest BCUT2D eigenvalue weighted by Crippen LogP contribution is 2.15. The van der Waals surface area contributed by atoms with E-state index in [9.17, 15) is 4.79 Å². The van der Waals surface area contributed by atoms with Gasteiger partial charge in [0.05, 0.1) is 0 Å². The lowest BCUT2D eigenvalue weighted by molar-refractivity contribution is 0.138. The number of anilines is 1. The highest BCUT2D eigenvalue weighted by atomic mass is 16.5. The van der Waals surface area contributed by atoms with Crippen molar-refractivity contribution >= 4 is 11.7 Å². The van der Waals surface area contributed by atoms with Crippen LogP contribution in [-0.2, 0) is 0 Å². The van der Waals surface area contributed by atoms with E-state index in [1.807, 2.05) is 0 Å². The molecule has 1 aromatic rings. The van der Waals surface area contributed by atoms with Gasteiger partial charge >= 0.3 is 6.03 Å². The molecule has 1 atom stereocenters. The maximum Gasteiger partial charge on any atom is 0.319 e. The summed E-state index contributed by atoms with van der Waals surface area (Å²) in [5.41, 5.74) is 0.720. The second-order valence-corrected chi connectivity index (χ2v) is 6.56. The van der Waals surface area contributed by atoms with Crippen LogP contribution in [0.3, 0.4) is 0 Å². The third kappa shape index (κ3) is 7.04. The summed E-state index contributed by atoms with van der Waals surface area (Å²) >= 11 is 0. The average molecular weight is 344 g/mol. The van der Waals surface area contributed by atoms with Crippen molar-refractivity contribution in [3.63, 3.8) is 0 Å². The summed E-state index contributed by atoms with van der Waals surface area (Å²) in [4.78, 5) is 16.8. The van der Waals surface area contributed by atoms with E-state index in [0.717, 1.165) is 38.4 Å². The number of hydrogen-bond donors (Lipinski definition) is 2. The van der Waals surface area contributed by atoms with Crippen LogP contribution in [0.15, 0.2) is 24.3 Å². The van der Waals surface area contributed by atoms with E-state index in [2.05, 4.69) is 40.3 Å². The first-order chi connectivity index (χ1) is 12.1. The van der Waals surface area contributed by atoms with Gasteiger partial charge in [-0.15, -0.1) is 6.42 Å². The number of nitrogens with one attached hydrogen (secondary N) is 2. The molecule has 0 unspecified atom stereocenters. The molecule has 6 nitrogen and oxygen atoms in total. The van der Waals surface area contributed by atoms with Crippen molar-refractivity contribution in [2.45, 2.75) is 6.92 Å². The molecule has 0 radical (unpaired) electrons. The Labute approximate surface area is 150 Å². The fourth-order valence-electron chi connectivity index (χ4n) is 2.74. The van der Waals surface area contributed by atoms with Crippen LogP contribution in [0.5, 0.6) is 5.75 Å². The molecule has 0 bridgehead atoms. The zero-order valence-electron chi connectivity index (χ0n) is 15.1. The van der Waals surface area contributed by atoms with Gasteiger partial charge in [-0.2, -0.15) is 0 Å². The molecule has 0 aromatic heterocycles. The molecule has 1 heterocycles. The van der Waals surface area contributed by atoms with E-state index in [0.29, 0.717) is 18.2 Å². The van der Waals surface area contributed by atoms with Gasteiger partial charge in [-0.3, -0.25) is 0 Å². The highest BCUT2D eigenvalue weighted by Gasteiger charge is 2.16. The average Bonchev–Trinajstić information content (AvgIpc) is 2.61. The Balaban J connectivity index is 1.67. The number of terminal acetylenes is 1. The Morgan fingerprint density at radius 3 is 2.60 bits per heavy atom. The largest absolute Gasteiger partial charge is 0.481 e. The zero-order valence-corrected chi connectivity index (χ0v) is 15.1. The normalized spacial score (nSPS) is 16.7. The molecule has 1 saturated heterocycles. The summed E-state index contributed by atoms with van der Waals surface area (Å²) in [6, 6.07) is 6.95. The minimum Gasteiger partial charge on any atom is -0.481 e. The molecule has 25 heavy (non-hydrogen) atoms. The summed E-state index contributed by atoms with van der Waals surface area (Å²) < 4.78 is 5.30. The van der Waals surface area contributed by atoms with Gasteiger partial charge in [0.15, 0.2) is 0 Å². The summed E-state index contributed by atoms with van der Waals surface area (Å²) in [6.07, 6.45) is 5.15. The second kappa shape index (κ2) is 9.92. The molecular formula is C19H28N4O2. The smallest absolute Gasteiger partial charge is 0.319 e. The SMILES string of the molecule is C#CCOc1ccc(NC(=O)NC[C@H](C)CN2CCN(C)CC2)cc1. The van der Waals surface area contributed by atoms with Crippen molar-refractivity contribution in [3.8, 4) is 18.1 Å². The third-order valence-corrected chi connectivity index (χ3v) is 4.21. The molecule has 2 amide bonds. The molecule has 1 fully saturated rings. The fraction of sp³-hybridized carbons (Fsp3) is 0.526. The Kier molecular flexibility index (Phi) is 7.58. The summed E-state index contributed by atoms with van der Waals surface area (Å²) in [5, 5.41) is 5.76. The molecule has 1 aliphatic rings. The summed E-state index contributed by atoms with van der Waals surface area (Å²) in [7, 11) is 2.15. The van der Waals surface area contributed by atoms with Crippen LogP contribution in [0.4, 0.5) is 10.5 Å². The number of rotatable bonds is 7. The fourth-order valence-corrected chi connectivity index (χ4v) is 2.74. The Bertz CT molecular complexity index is 574. The number of carbonyl (C=O) groups excluding carboxylic acids is 1. The molecule has 1 aromatic carbocycles. The van der Waals surface area contributed by atoms with Crippen LogP contribution in [-0.4, -0.2) is 68.8 Å². The van der Waals surface area contributed by atoms with Gasteiger partial charge < -0.3 is 25.2 Å². The molecule has 0 saturated carbocycles. The minimum atomic E-state index is -0.192. The van der Waals surface area contributed by atoms with Crippen molar-refractivity contribution < 1.29 is 9.53 Å². The van der Waals surface area contributed by atoms with Gasteiger partial charge in [0, 0.05) is 45.0 Å². The summed E-state index contributed by atoms with van der Waals surface area (Å²) in [6.45, 7) is 8.48. The number of carbonyl (C=O) groups is 1. The maximum absolute atomic E-state index is 12.0. The Hall–Kier alpha value is -2.23. The van der Waals surface area contributed by atoms with E-state index in [1.54, 1.807) is 24.3 Å². The van der Waals surface area contributed by atoms with Gasteiger partial charge in [0.2, 0.25) is 0 Å². The van der Waals surface area contributed by atoms with Gasteiger partial charge in [-0.05, 0) is 37.2 Å². The van der Waals surface area contributed by atoms with E-state index >= 15 is 0 Å². The van der Waals surface area contributed by atoms with Crippen molar-refractivity contribution in [3.05, 3.63) is 24.3 Å². The van der Waals surface area contributed by atoms with Gasteiger partial charge in [-0.1, -0.05) is 12.8 Å². The van der Waals surface area contributed by atoms with Crippen LogP contribution >= 0.6 is 0 Å². The topological polar surface area (TPSA) is 56.8 Å². The van der Waals surface area contributed by atoms with Crippen LogP contribution in [0, 0.1) is 18.3 Å². The lowest BCUT2D eigenvalue weighted by Crippen LogP contribution is -2.47. The number of piperazine rings is 1. The number of urea groups is 1. The first kappa shape index (κ1) is 19.1. The monoisotopic (exact) mass is 344 g/mol. The highest BCUT2D eigenvalue weighted by molar-refractivity contribution is 5.89. The van der Waals surface area contributed by atoms with Gasteiger partial charge in [-0.25, -0.2) is 4.79 Å². The van der Waals surface area contributed by atoms with E-state index < -0.39 is 0 Å². The van der Waals surface area contributed by atoms with Crippen LogP contribution in [0.2, 0.25) is 0 Å². The molecule has 1 aliphatic heterocycles. The second-order valence-electron chi connectivity index (χ2n) is 6.56. The first-order valence-corrected chi connectivity index (χ1v) is 8.69. The molecule has 6 heteroatoms. The molecule has 2 N–H and O–H groups in total. The molecule has 2 rings (SSSR count). The first-order valence-electron chi connectivity index (χ1n) is 8.69. The molecule has 0 spiro atoms. The Morgan fingerprint density at radius 1 is 1.28 bits per heavy atom. The number of benzene rings is 1. The van der Waals surface area contributed by atoms with Crippen molar-refractivity contribution in [2.24, 2.45) is 5.92 Å². The number of hydrogen-bond acceptors (Lipinski definition) is 4. The lowest BCUT2D eigenvalue weighted by Gasteiger charge is -2.33. The maximum atomic E-state index is 12.0. The van der Waals surface area contributed by atoms with Crippen molar-refractivity contribution in [2.75, 3.05) is 58.2 Å². The number of amides is 2. The molecule has 136 valence electrons. The predicted molar refractivity (Wildman–Crippen MR) is 101 cm³/mol. The Morgan fingerprint density at radius 2 is 1.96 bits per heavy atom. The van der Waals surface area contributed by atoms with Gasteiger partial charge in [0.25, 0.3) is 0 Å². The van der Waals surface area contributed by atoms with Crippen LogP contribution in [0.25, 0.3) is 0 Å². The van der Waals surface area contributed by atoms with Crippen LogP contribution < -0.4 is 15.4 Å². The number of likely N-dealkylation sites (N-methyl/N-ethyl adjacent to an activating group) is 1. The van der Waals surface area contributed by atoms with Gasteiger partial charge in [0.1, 0.15) is 12.4 Å². The van der Waals surface area contributed by atoms with Crippen LogP contribution in [0.1, 0.15) is 6.92 Å². The number of nitrogens with zero attached hydrogens (tertiary/aromatic N) is 2. The van der Waals surface area contributed by atoms with E-state index in [-0.39, 0.29) is 12.6 Å². The third-order valence-electron chi connectivity index (χ3n) is 4.21. The predicted octanol–water partition coefficient (Wildman–Crippen LogP) is 1.70. The summed E-state index contributed by atoms with van der Waals surface area (Å²) in [5.74, 6) is 3.51. The molecule has 0 aliphatic carbocycles. The van der Waals surface area contributed by atoms with E-state index in [4.69, 9.17) is 11.2 Å². The quantitative estimate of drug-likeness (QED) is 0.740. The van der Waals surface area contributed by atoms with Crippen molar-refractivity contribution in [1.82, 2.24) is 15.1 Å². The zero-order chi connectivity index (χ0) is 18.1. The lowest BCUT2D eigenvalue weighted by atomic mass is 10.1. The minimum absolute atomic E-state index is 0.192. The number of ether oxygens (including phenoxy) is 1.